The molecular formula is C11H18O4. The van der Waals surface area contributed by atoms with Crippen LogP contribution in [-0.4, -0.2) is 31.1 Å². The normalized spacial score (nSPS) is 25.3. The molecule has 1 aliphatic heterocycles. The summed E-state index contributed by atoms with van der Waals surface area (Å²) in [5, 5.41) is 0. The van der Waals surface area contributed by atoms with Gasteiger partial charge in [-0.05, 0) is 33.3 Å². The highest BCUT2D eigenvalue weighted by molar-refractivity contribution is 5.82. The van der Waals surface area contributed by atoms with E-state index in [1.165, 1.54) is 6.08 Å². The lowest BCUT2D eigenvalue weighted by Gasteiger charge is -2.17. The summed E-state index contributed by atoms with van der Waals surface area (Å²) in [4.78, 5) is 11.2. The Kier molecular flexibility index (Phi) is 3.88. The highest BCUT2D eigenvalue weighted by Crippen LogP contribution is 2.26. The van der Waals surface area contributed by atoms with Gasteiger partial charge in [0.2, 0.25) is 0 Å². The zero-order valence-electron chi connectivity index (χ0n) is 9.70. The van der Waals surface area contributed by atoms with E-state index in [-0.39, 0.29) is 12.1 Å². The number of hydrogen-bond acceptors (Lipinski definition) is 4. The topological polar surface area (TPSA) is 44.8 Å². The van der Waals surface area contributed by atoms with Crippen LogP contribution in [0.25, 0.3) is 0 Å². The van der Waals surface area contributed by atoms with Gasteiger partial charge in [0, 0.05) is 6.08 Å². The first kappa shape index (κ1) is 12.2. The second-order valence-corrected chi connectivity index (χ2v) is 3.96. The Balaban J connectivity index is 2.54. The second kappa shape index (κ2) is 4.77. The van der Waals surface area contributed by atoms with Gasteiger partial charge in [0.05, 0.1) is 13.2 Å². The molecule has 4 heteroatoms. The van der Waals surface area contributed by atoms with Gasteiger partial charge in [-0.3, -0.25) is 0 Å². The van der Waals surface area contributed by atoms with E-state index in [1.807, 2.05) is 20.8 Å². The Morgan fingerprint density at radius 3 is 2.73 bits per heavy atom. The minimum atomic E-state index is -0.561. The van der Waals surface area contributed by atoms with Crippen LogP contribution in [0.3, 0.4) is 0 Å². The molecule has 0 aliphatic carbocycles. The number of rotatable bonds is 3. The van der Waals surface area contributed by atoms with Crippen LogP contribution in [0.15, 0.2) is 11.6 Å². The first-order valence-electron chi connectivity index (χ1n) is 5.11. The average molecular weight is 214 g/mol. The molecule has 1 fully saturated rings. The molecule has 1 saturated heterocycles. The highest BCUT2D eigenvalue weighted by atomic mass is 16.7. The van der Waals surface area contributed by atoms with Crippen molar-refractivity contribution < 1.29 is 19.0 Å². The molecule has 1 rings (SSSR count). The van der Waals surface area contributed by atoms with Crippen LogP contribution < -0.4 is 0 Å². The third-order valence-electron chi connectivity index (χ3n) is 2.15. The lowest BCUT2D eigenvalue weighted by Crippen LogP contribution is -2.22. The van der Waals surface area contributed by atoms with Gasteiger partial charge in [-0.25, -0.2) is 4.79 Å². The average Bonchev–Trinajstić information content (AvgIpc) is 2.46. The first-order valence-corrected chi connectivity index (χ1v) is 5.11. The van der Waals surface area contributed by atoms with Crippen molar-refractivity contribution in [1.82, 2.24) is 0 Å². The van der Waals surface area contributed by atoms with Crippen LogP contribution >= 0.6 is 0 Å². The summed E-state index contributed by atoms with van der Waals surface area (Å²) >= 11 is 0. The molecule has 1 heterocycles. The van der Waals surface area contributed by atoms with Crippen molar-refractivity contribution in [3.63, 3.8) is 0 Å². The van der Waals surface area contributed by atoms with Gasteiger partial charge < -0.3 is 14.2 Å². The fourth-order valence-corrected chi connectivity index (χ4v) is 1.37. The number of carbonyl (C=O) groups excluding carboxylic acids is 1. The Labute approximate surface area is 90.2 Å². The maximum atomic E-state index is 11.2. The van der Waals surface area contributed by atoms with Crippen molar-refractivity contribution in [3.05, 3.63) is 11.6 Å². The predicted molar refractivity (Wildman–Crippen MR) is 55.3 cm³/mol. The summed E-state index contributed by atoms with van der Waals surface area (Å²) in [7, 11) is 0. The molecule has 0 unspecified atom stereocenters. The van der Waals surface area contributed by atoms with E-state index in [0.29, 0.717) is 13.2 Å². The van der Waals surface area contributed by atoms with Crippen LogP contribution in [0.1, 0.15) is 27.7 Å². The minimum absolute atomic E-state index is 0.149. The highest BCUT2D eigenvalue weighted by Gasteiger charge is 2.33. The van der Waals surface area contributed by atoms with Gasteiger partial charge in [-0.15, -0.1) is 0 Å². The third kappa shape index (κ3) is 3.64. The summed E-state index contributed by atoms with van der Waals surface area (Å²) in [6, 6.07) is 0. The molecule has 0 saturated carbocycles. The smallest absolute Gasteiger partial charge is 0.330 e. The van der Waals surface area contributed by atoms with Gasteiger partial charge in [0.15, 0.2) is 5.79 Å². The van der Waals surface area contributed by atoms with Gasteiger partial charge in [-0.1, -0.05) is 0 Å². The fraction of sp³-hybridized carbons (Fsp3) is 0.727. The van der Waals surface area contributed by atoms with Crippen LogP contribution in [0, 0.1) is 0 Å². The standard InChI is InChI=1S/C11H18O4/c1-5-13-10(12)6-8(2)9-7-14-11(3,4)15-9/h6,9H,5,7H2,1-4H3/b8-6+/t9-/m0/s1. The van der Waals surface area contributed by atoms with Crippen LogP contribution in [0.2, 0.25) is 0 Å². The van der Waals surface area contributed by atoms with Crippen molar-refractivity contribution in [2.24, 2.45) is 0 Å². The monoisotopic (exact) mass is 214 g/mol. The molecule has 0 amide bonds. The fourth-order valence-electron chi connectivity index (χ4n) is 1.37. The van der Waals surface area contributed by atoms with Crippen molar-refractivity contribution in [1.29, 1.82) is 0 Å². The van der Waals surface area contributed by atoms with Crippen LogP contribution in [-0.2, 0) is 19.0 Å². The summed E-state index contributed by atoms with van der Waals surface area (Å²) < 4.78 is 15.8. The molecule has 0 bridgehead atoms. The van der Waals surface area contributed by atoms with Crippen LogP contribution in [0.4, 0.5) is 0 Å². The Hall–Kier alpha value is -0.870. The van der Waals surface area contributed by atoms with E-state index in [1.54, 1.807) is 6.92 Å². The van der Waals surface area contributed by atoms with Crippen molar-refractivity contribution in [2.45, 2.75) is 39.6 Å². The number of hydrogen-bond donors (Lipinski definition) is 0. The molecule has 0 spiro atoms. The van der Waals surface area contributed by atoms with Crippen molar-refractivity contribution in [2.75, 3.05) is 13.2 Å². The summed E-state index contributed by atoms with van der Waals surface area (Å²) in [6.45, 7) is 8.19. The zero-order valence-corrected chi connectivity index (χ0v) is 9.70. The van der Waals surface area contributed by atoms with E-state index in [4.69, 9.17) is 14.2 Å². The molecule has 0 aromatic heterocycles. The molecule has 0 N–H and O–H groups in total. The van der Waals surface area contributed by atoms with E-state index >= 15 is 0 Å². The summed E-state index contributed by atoms with van der Waals surface area (Å²) in [6.07, 6.45) is 1.31. The molecule has 86 valence electrons. The number of carbonyl (C=O) groups is 1. The lowest BCUT2D eigenvalue weighted by atomic mass is 10.1. The summed E-state index contributed by atoms with van der Waals surface area (Å²) in [5.74, 6) is -0.891. The van der Waals surface area contributed by atoms with Gasteiger partial charge in [0.1, 0.15) is 6.10 Å². The molecule has 1 aliphatic rings. The molecule has 0 aromatic carbocycles. The quantitative estimate of drug-likeness (QED) is 0.529. The molecule has 0 radical (unpaired) electrons. The third-order valence-corrected chi connectivity index (χ3v) is 2.15. The van der Waals surface area contributed by atoms with Crippen LogP contribution in [0.5, 0.6) is 0 Å². The zero-order chi connectivity index (χ0) is 11.5. The van der Waals surface area contributed by atoms with Gasteiger partial charge >= 0.3 is 5.97 Å². The molecule has 15 heavy (non-hydrogen) atoms. The van der Waals surface area contributed by atoms with E-state index in [2.05, 4.69) is 0 Å². The number of esters is 1. The maximum absolute atomic E-state index is 11.2. The van der Waals surface area contributed by atoms with Gasteiger partial charge in [0.25, 0.3) is 0 Å². The second-order valence-electron chi connectivity index (χ2n) is 3.96. The van der Waals surface area contributed by atoms with E-state index < -0.39 is 5.79 Å². The van der Waals surface area contributed by atoms with Crippen molar-refractivity contribution in [3.8, 4) is 0 Å². The lowest BCUT2D eigenvalue weighted by molar-refractivity contribution is -0.138. The molecule has 1 atom stereocenters. The largest absolute Gasteiger partial charge is 0.463 e. The Morgan fingerprint density at radius 2 is 2.27 bits per heavy atom. The SMILES string of the molecule is CCOC(=O)/C=C(\C)[C@@H]1COC(C)(C)O1. The molecular weight excluding hydrogens is 196 g/mol. The molecule has 4 nitrogen and oxygen atoms in total. The Morgan fingerprint density at radius 1 is 1.60 bits per heavy atom. The number of ether oxygens (including phenoxy) is 3. The minimum Gasteiger partial charge on any atom is -0.463 e. The summed E-state index contributed by atoms with van der Waals surface area (Å²) in [5.41, 5.74) is 0.832. The van der Waals surface area contributed by atoms with Crippen molar-refractivity contribution >= 4 is 5.97 Å². The predicted octanol–water partition coefficient (Wildman–Crippen LogP) is 1.65. The Bertz CT molecular complexity index is 268. The van der Waals surface area contributed by atoms with E-state index in [0.717, 1.165) is 5.57 Å². The molecule has 0 aromatic rings. The van der Waals surface area contributed by atoms with Gasteiger partial charge in [-0.2, -0.15) is 0 Å². The van der Waals surface area contributed by atoms with E-state index in [9.17, 15) is 4.79 Å². The maximum Gasteiger partial charge on any atom is 0.330 e. The first-order chi connectivity index (χ1) is 6.94.